The molecule has 7 heteroatoms. The number of hydrogen-bond acceptors (Lipinski definition) is 4. The summed E-state index contributed by atoms with van der Waals surface area (Å²) in [5.74, 6) is -0.541. The summed E-state index contributed by atoms with van der Waals surface area (Å²) in [6.45, 7) is 2.00. The Bertz CT molecular complexity index is 647. The maximum atomic E-state index is 13.6. The van der Waals surface area contributed by atoms with Crippen molar-refractivity contribution in [1.29, 1.82) is 0 Å². The lowest BCUT2D eigenvalue weighted by molar-refractivity contribution is 0.587. The van der Waals surface area contributed by atoms with Crippen molar-refractivity contribution in [2.75, 3.05) is 0 Å². The van der Waals surface area contributed by atoms with Crippen LogP contribution >= 0.6 is 23.4 Å². The summed E-state index contributed by atoms with van der Waals surface area (Å²) in [4.78, 5) is 22.1. The Morgan fingerprint density at radius 3 is 2.95 bits per heavy atom. The molecular formula is C12H11ClFN3OS. The second-order valence-corrected chi connectivity index (χ2v) is 5.25. The Kier molecular flexibility index (Phi) is 4.55. The Balaban J connectivity index is 2.30. The smallest absolute Gasteiger partial charge is 0.251 e. The summed E-state index contributed by atoms with van der Waals surface area (Å²) in [6.07, 6.45) is 2.93. The van der Waals surface area contributed by atoms with Gasteiger partial charge in [0.15, 0.2) is 11.0 Å². The van der Waals surface area contributed by atoms with Gasteiger partial charge in [-0.25, -0.2) is 14.4 Å². The monoisotopic (exact) mass is 299 g/mol. The molecule has 19 heavy (non-hydrogen) atoms. The number of aromatic amines is 1. The normalized spacial score (nSPS) is 10.7. The van der Waals surface area contributed by atoms with Crippen molar-refractivity contribution in [2.45, 2.75) is 29.9 Å². The van der Waals surface area contributed by atoms with Crippen molar-refractivity contribution >= 4 is 23.4 Å². The zero-order valence-electron chi connectivity index (χ0n) is 10.1. The van der Waals surface area contributed by atoms with Crippen LogP contribution in [0.1, 0.15) is 19.0 Å². The van der Waals surface area contributed by atoms with Gasteiger partial charge in [-0.15, -0.1) is 0 Å². The van der Waals surface area contributed by atoms with Crippen LogP contribution in [-0.4, -0.2) is 15.0 Å². The summed E-state index contributed by atoms with van der Waals surface area (Å²) < 4.78 is 13.6. The van der Waals surface area contributed by atoms with Crippen LogP contribution in [0.3, 0.4) is 0 Å². The van der Waals surface area contributed by atoms with Gasteiger partial charge in [0.2, 0.25) is 0 Å². The summed E-state index contributed by atoms with van der Waals surface area (Å²) in [6, 6.07) is 2.62. The maximum Gasteiger partial charge on any atom is 0.251 e. The lowest BCUT2D eigenvalue weighted by atomic mass is 10.2. The average Bonchev–Trinajstić information content (AvgIpc) is 2.32. The van der Waals surface area contributed by atoms with Gasteiger partial charge in [-0.2, -0.15) is 0 Å². The van der Waals surface area contributed by atoms with Crippen LogP contribution in [0.4, 0.5) is 4.39 Å². The molecule has 0 amide bonds. The number of pyridine rings is 1. The van der Waals surface area contributed by atoms with E-state index in [1.54, 1.807) is 0 Å². The number of hydrogen-bond donors (Lipinski definition) is 1. The molecule has 0 unspecified atom stereocenters. The number of nitrogens with zero attached hydrogens (tertiary/aromatic N) is 2. The van der Waals surface area contributed by atoms with Crippen LogP contribution in [-0.2, 0) is 6.42 Å². The van der Waals surface area contributed by atoms with Crippen LogP contribution in [0.15, 0.2) is 33.3 Å². The predicted molar refractivity (Wildman–Crippen MR) is 72.2 cm³/mol. The molecule has 1 N–H and O–H groups in total. The van der Waals surface area contributed by atoms with E-state index in [-0.39, 0.29) is 15.6 Å². The molecule has 0 radical (unpaired) electrons. The third-order valence-electron chi connectivity index (χ3n) is 2.25. The number of H-pyrrole nitrogens is 1. The molecule has 0 aliphatic carbocycles. The highest BCUT2D eigenvalue weighted by molar-refractivity contribution is 7.99. The van der Waals surface area contributed by atoms with Gasteiger partial charge in [-0.3, -0.25) is 4.79 Å². The van der Waals surface area contributed by atoms with E-state index in [2.05, 4.69) is 15.0 Å². The van der Waals surface area contributed by atoms with Gasteiger partial charge in [-0.1, -0.05) is 24.9 Å². The molecule has 2 heterocycles. The molecule has 2 aromatic rings. The molecule has 0 spiro atoms. The van der Waals surface area contributed by atoms with Crippen molar-refractivity contribution < 1.29 is 4.39 Å². The van der Waals surface area contributed by atoms with Crippen molar-refractivity contribution in [2.24, 2.45) is 0 Å². The molecule has 100 valence electrons. The number of halogens is 2. The average molecular weight is 300 g/mol. The minimum Gasteiger partial charge on any atom is -0.301 e. The van der Waals surface area contributed by atoms with E-state index in [0.717, 1.165) is 18.2 Å². The van der Waals surface area contributed by atoms with E-state index in [4.69, 9.17) is 11.6 Å². The van der Waals surface area contributed by atoms with E-state index in [1.165, 1.54) is 18.3 Å². The standard InChI is InChI=1S/C12H11ClFN3OS/c1-2-3-8-5-10(18)17-12(16-8)19-11-9(14)4-7(13)6-15-11/h4-6H,2-3H2,1H3,(H,16,17,18). The molecule has 0 saturated heterocycles. The molecule has 0 atom stereocenters. The van der Waals surface area contributed by atoms with Crippen LogP contribution < -0.4 is 5.56 Å². The van der Waals surface area contributed by atoms with Crippen LogP contribution in [0, 0.1) is 5.82 Å². The lowest BCUT2D eigenvalue weighted by Gasteiger charge is -2.03. The van der Waals surface area contributed by atoms with Gasteiger partial charge < -0.3 is 4.98 Å². The molecule has 0 bridgehead atoms. The first-order valence-electron chi connectivity index (χ1n) is 5.67. The van der Waals surface area contributed by atoms with E-state index >= 15 is 0 Å². The third-order valence-corrected chi connectivity index (χ3v) is 3.33. The summed E-state index contributed by atoms with van der Waals surface area (Å²) in [5, 5.41) is 0.675. The quantitative estimate of drug-likeness (QED) is 0.882. The molecule has 0 aliphatic rings. The van der Waals surface area contributed by atoms with Gasteiger partial charge in [0.1, 0.15) is 5.03 Å². The molecule has 0 fully saturated rings. The summed E-state index contributed by atoms with van der Waals surface area (Å²) in [7, 11) is 0. The number of nitrogens with one attached hydrogen (secondary N) is 1. The third kappa shape index (κ3) is 3.78. The van der Waals surface area contributed by atoms with Crippen LogP contribution in [0.2, 0.25) is 5.02 Å². The highest BCUT2D eigenvalue weighted by atomic mass is 35.5. The predicted octanol–water partition coefficient (Wildman–Crippen LogP) is 3.06. The Morgan fingerprint density at radius 1 is 1.47 bits per heavy atom. The maximum absolute atomic E-state index is 13.6. The SMILES string of the molecule is CCCc1cc(=O)[nH]c(Sc2ncc(Cl)cc2F)n1. The van der Waals surface area contributed by atoms with Crippen molar-refractivity contribution in [3.05, 3.63) is 45.2 Å². The number of aromatic nitrogens is 3. The van der Waals surface area contributed by atoms with Crippen molar-refractivity contribution in [3.63, 3.8) is 0 Å². The molecule has 0 aromatic carbocycles. The number of rotatable bonds is 4. The van der Waals surface area contributed by atoms with E-state index in [1.807, 2.05) is 6.92 Å². The zero-order chi connectivity index (χ0) is 13.8. The first-order chi connectivity index (χ1) is 9.08. The fourth-order valence-electron chi connectivity index (χ4n) is 1.48. The van der Waals surface area contributed by atoms with Gasteiger partial charge in [0.25, 0.3) is 5.56 Å². The second kappa shape index (κ2) is 6.16. The first-order valence-corrected chi connectivity index (χ1v) is 6.87. The minimum absolute atomic E-state index is 0.126. The summed E-state index contributed by atoms with van der Waals surface area (Å²) >= 11 is 6.59. The lowest BCUT2D eigenvalue weighted by Crippen LogP contribution is -2.10. The summed E-state index contributed by atoms with van der Waals surface area (Å²) in [5.41, 5.74) is 0.429. The van der Waals surface area contributed by atoms with Crippen molar-refractivity contribution in [1.82, 2.24) is 15.0 Å². The van der Waals surface area contributed by atoms with E-state index in [0.29, 0.717) is 17.3 Å². The van der Waals surface area contributed by atoms with Gasteiger partial charge in [0, 0.05) is 18.0 Å². The highest BCUT2D eigenvalue weighted by Crippen LogP contribution is 2.26. The van der Waals surface area contributed by atoms with E-state index < -0.39 is 5.82 Å². The Hall–Kier alpha value is -1.40. The minimum atomic E-state index is -0.541. The molecule has 4 nitrogen and oxygen atoms in total. The fourth-order valence-corrected chi connectivity index (χ4v) is 2.39. The molecule has 2 aromatic heterocycles. The first kappa shape index (κ1) is 14.0. The van der Waals surface area contributed by atoms with Crippen molar-refractivity contribution in [3.8, 4) is 0 Å². The number of aryl methyl sites for hydroxylation is 1. The topological polar surface area (TPSA) is 58.6 Å². The van der Waals surface area contributed by atoms with Gasteiger partial charge in [0.05, 0.1) is 5.02 Å². The molecule has 0 aliphatic heterocycles. The van der Waals surface area contributed by atoms with Crippen LogP contribution in [0.5, 0.6) is 0 Å². The second-order valence-electron chi connectivity index (χ2n) is 3.83. The molecule has 2 rings (SSSR count). The largest absolute Gasteiger partial charge is 0.301 e. The highest BCUT2D eigenvalue weighted by Gasteiger charge is 2.09. The zero-order valence-corrected chi connectivity index (χ0v) is 11.7. The van der Waals surface area contributed by atoms with E-state index in [9.17, 15) is 9.18 Å². The Morgan fingerprint density at radius 2 is 2.26 bits per heavy atom. The van der Waals surface area contributed by atoms with Gasteiger partial charge >= 0.3 is 0 Å². The van der Waals surface area contributed by atoms with Gasteiger partial charge in [-0.05, 0) is 24.2 Å². The molecular weight excluding hydrogens is 289 g/mol. The Labute approximate surface area is 118 Å². The fraction of sp³-hybridized carbons (Fsp3) is 0.250. The van der Waals surface area contributed by atoms with Crippen LogP contribution in [0.25, 0.3) is 0 Å². The molecule has 0 saturated carbocycles.